The van der Waals surface area contributed by atoms with Crippen LogP contribution in [0.4, 0.5) is 0 Å². The van der Waals surface area contributed by atoms with Gasteiger partial charge in [-0.15, -0.1) is 0 Å². The molecule has 4 aromatic rings. The van der Waals surface area contributed by atoms with Crippen LogP contribution >= 0.6 is 0 Å². The van der Waals surface area contributed by atoms with Gasteiger partial charge in [0, 0.05) is 54.8 Å². The summed E-state index contributed by atoms with van der Waals surface area (Å²) in [6.07, 6.45) is 0. The minimum absolute atomic E-state index is 0.0502. The number of hydrogen-bond donors (Lipinski definition) is 0. The van der Waals surface area contributed by atoms with E-state index in [-0.39, 0.29) is 11.7 Å². The first kappa shape index (κ1) is 22.1. The SMILES string of the molecule is Cc1cc(-n2c(C)cc(C(=O)CN3CCN(C(=O)c4cccc5ccccc45)CC3)c2C)no1. The van der Waals surface area contributed by atoms with Crippen molar-refractivity contribution in [2.75, 3.05) is 32.7 Å². The number of fused-ring (bicyclic) bond motifs is 1. The Balaban J connectivity index is 1.25. The maximum absolute atomic E-state index is 13.2. The van der Waals surface area contributed by atoms with Crippen molar-refractivity contribution in [3.63, 3.8) is 0 Å². The van der Waals surface area contributed by atoms with Crippen molar-refractivity contribution >= 4 is 22.5 Å². The molecular weight excluding hydrogens is 428 g/mol. The average Bonchev–Trinajstić information content (AvgIpc) is 3.40. The fourth-order valence-corrected chi connectivity index (χ4v) is 4.84. The third-order valence-electron chi connectivity index (χ3n) is 6.62. The lowest BCUT2D eigenvalue weighted by molar-refractivity contribution is 0.0626. The summed E-state index contributed by atoms with van der Waals surface area (Å²) in [5.41, 5.74) is 3.24. The zero-order valence-electron chi connectivity index (χ0n) is 19.7. The molecule has 2 aromatic carbocycles. The smallest absolute Gasteiger partial charge is 0.254 e. The van der Waals surface area contributed by atoms with E-state index in [2.05, 4.69) is 10.1 Å². The highest BCUT2D eigenvalue weighted by molar-refractivity contribution is 6.07. The van der Waals surface area contributed by atoms with Crippen LogP contribution in [0.5, 0.6) is 0 Å². The number of piperazine rings is 1. The van der Waals surface area contributed by atoms with Gasteiger partial charge in [0.15, 0.2) is 11.6 Å². The summed E-state index contributed by atoms with van der Waals surface area (Å²) in [4.78, 5) is 30.4. The van der Waals surface area contributed by atoms with Gasteiger partial charge in [-0.2, -0.15) is 0 Å². The predicted octanol–water partition coefficient (Wildman–Crippen LogP) is 4.18. The van der Waals surface area contributed by atoms with Gasteiger partial charge < -0.3 is 9.42 Å². The molecule has 1 aliphatic heterocycles. The number of aryl methyl sites for hydroxylation is 2. The quantitative estimate of drug-likeness (QED) is 0.421. The van der Waals surface area contributed by atoms with Gasteiger partial charge >= 0.3 is 0 Å². The van der Waals surface area contributed by atoms with Crippen LogP contribution in [-0.2, 0) is 0 Å². The van der Waals surface area contributed by atoms with Crippen molar-refractivity contribution in [1.82, 2.24) is 19.5 Å². The second-order valence-corrected chi connectivity index (χ2v) is 8.93. The van der Waals surface area contributed by atoms with Crippen LogP contribution in [0.1, 0.15) is 37.9 Å². The standard InChI is InChI=1S/C27H28N4O3/c1-18-15-24(20(3)31(18)26-16-19(2)34-28-26)25(32)17-29-11-13-30(14-12-29)27(33)23-10-6-8-21-7-4-5-9-22(21)23/h4-10,15-16H,11-14,17H2,1-3H3. The third kappa shape index (κ3) is 4.03. The van der Waals surface area contributed by atoms with E-state index < -0.39 is 0 Å². The molecule has 3 heterocycles. The molecule has 1 fully saturated rings. The van der Waals surface area contributed by atoms with E-state index in [1.54, 1.807) is 0 Å². The molecule has 2 aromatic heterocycles. The van der Waals surface area contributed by atoms with Crippen LogP contribution < -0.4 is 0 Å². The molecule has 0 N–H and O–H groups in total. The molecular formula is C27H28N4O3. The minimum atomic E-state index is 0.0502. The number of ketones is 1. The lowest BCUT2D eigenvalue weighted by Crippen LogP contribution is -2.50. The van der Waals surface area contributed by atoms with E-state index in [4.69, 9.17) is 4.52 Å². The van der Waals surface area contributed by atoms with Crippen LogP contribution in [0, 0.1) is 20.8 Å². The lowest BCUT2D eigenvalue weighted by atomic mass is 10.0. The van der Waals surface area contributed by atoms with Gasteiger partial charge in [-0.25, -0.2) is 0 Å². The summed E-state index contributed by atoms with van der Waals surface area (Å²) in [5, 5.41) is 6.14. The Bertz CT molecular complexity index is 1370. The fraction of sp³-hybridized carbons (Fsp3) is 0.296. The first-order valence-corrected chi connectivity index (χ1v) is 11.6. The number of carbonyl (C=O) groups is 2. The number of aromatic nitrogens is 2. The molecule has 34 heavy (non-hydrogen) atoms. The Hall–Kier alpha value is -3.71. The first-order valence-electron chi connectivity index (χ1n) is 11.6. The molecule has 7 nitrogen and oxygen atoms in total. The van der Waals surface area contributed by atoms with Crippen molar-refractivity contribution in [2.24, 2.45) is 0 Å². The van der Waals surface area contributed by atoms with Crippen molar-refractivity contribution in [3.05, 3.63) is 82.9 Å². The molecule has 1 aliphatic rings. The van der Waals surface area contributed by atoms with E-state index in [1.807, 2.05) is 84.8 Å². The summed E-state index contributed by atoms with van der Waals surface area (Å²) in [7, 11) is 0. The number of nitrogens with zero attached hydrogens (tertiary/aromatic N) is 4. The molecule has 0 unspecified atom stereocenters. The summed E-state index contributed by atoms with van der Waals surface area (Å²) < 4.78 is 7.16. The zero-order valence-corrected chi connectivity index (χ0v) is 19.7. The second-order valence-electron chi connectivity index (χ2n) is 8.93. The minimum Gasteiger partial charge on any atom is -0.360 e. The van der Waals surface area contributed by atoms with Crippen LogP contribution in [-0.4, -0.2) is 63.9 Å². The first-order chi connectivity index (χ1) is 16.4. The van der Waals surface area contributed by atoms with Crippen molar-refractivity contribution < 1.29 is 14.1 Å². The third-order valence-corrected chi connectivity index (χ3v) is 6.62. The van der Waals surface area contributed by atoms with Crippen LogP contribution in [0.15, 0.2) is 59.1 Å². The van der Waals surface area contributed by atoms with E-state index >= 15 is 0 Å². The molecule has 1 saturated heterocycles. The molecule has 0 spiro atoms. The fourth-order valence-electron chi connectivity index (χ4n) is 4.84. The molecule has 0 bridgehead atoms. The molecule has 174 valence electrons. The number of hydrogen-bond acceptors (Lipinski definition) is 5. The van der Waals surface area contributed by atoms with Crippen LogP contribution in [0.2, 0.25) is 0 Å². The van der Waals surface area contributed by atoms with Gasteiger partial charge in [-0.1, -0.05) is 41.6 Å². The summed E-state index contributed by atoms with van der Waals surface area (Å²) in [6.45, 7) is 8.63. The summed E-state index contributed by atoms with van der Waals surface area (Å²) >= 11 is 0. The molecule has 0 saturated carbocycles. The van der Waals surface area contributed by atoms with Gasteiger partial charge in [0.1, 0.15) is 5.76 Å². The molecule has 1 amide bonds. The van der Waals surface area contributed by atoms with Gasteiger partial charge in [0.2, 0.25) is 0 Å². The number of amides is 1. The predicted molar refractivity (Wildman–Crippen MR) is 131 cm³/mol. The van der Waals surface area contributed by atoms with Gasteiger partial charge in [-0.05, 0) is 43.7 Å². The Kier molecular flexibility index (Phi) is 5.79. The van der Waals surface area contributed by atoms with E-state index in [9.17, 15) is 9.59 Å². The number of rotatable bonds is 5. The number of Topliss-reactive ketones (excluding diaryl/α,β-unsaturated/α-hetero) is 1. The Labute approximate surface area is 198 Å². The Morgan fingerprint density at radius 1 is 0.912 bits per heavy atom. The number of carbonyl (C=O) groups excluding carboxylic acids is 2. The number of benzene rings is 2. The highest BCUT2D eigenvalue weighted by Crippen LogP contribution is 2.23. The molecule has 0 atom stereocenters. The summed E-state index contributed by atoms with van der Waals surface area (Å²) in [5.74, 6) is 1.54. The largest absolute Gasteiger partial charge is 0.360 e. The Morgan fingerprint density at radius 2 is 1.65 bits per heavy atom. The van der Waals surface area contributed by atoms with Crippen molar-refractivity contribution in [3.8, 4) is 5.82 Å². The van der Waals surface area contributed by atoms with E-state index in [0.29, 0.717) is 44.1 Å². The molecule has 5 rings (SSSR count). The zero-order chi connectivity index (χ0) is 23.8. The molecule has 0 radical (unpaired) electrons. The van der Waals surface area contributed by atoms with Crippen LogP contribution in [0.25, 0.3) is 16.6 Å². The van der Waals surface area contributed by atoms with Gasteiger partial charge in [0.05, 0.1) is 6.54 Å². The van der Waals surface area contributed by atoms with E-state index in [1.165, 1.54) is 0 Å². The van der Waals surface area contributed by atoms with Gasteiger partial charge in [0.25, 0.3) is 5.91 Å². The normalized spacial score (nSPS) is 14.6. The monoisotopic (exact) mass is 456 g/mol. The van der Waals surface area contributed by atoms with Crippen molar-refractivity contribution in [2.45, 2.75) is 20.8 Å². The highest BCUT2D eigenvalue weighted by atomic mass is 16.5. The topological polar surface area (TPSA) is 71.6 Å². The maximum atomic E-state index is 13.2. The van der Waals surface area contributed by atoms with Crippen molar-refractivity contribution in [1.29, 1.82) is 0 Å². The van der Waals surface area contributed by atoms with Gasteiger partial charge in [-0.3, -0.25) is 19.1 Å². The van der Waals surface area contributed by atoms with E-state index in [0.717, 1.165) is 33.5 Å². The molecule has 7 heteroatoms. The average molecular weight is 457 g/mol. The Morgan fingerprint density at radius 3 is 2.38 bits per heavy atom. The summed E-state index contributed by atoms with van der Waals surface area (Å²) in [6, 6.07) is 17.6. The maximum Gasteiger partial charge on any atom is 0.254 e. The highest BCUT2D eigenvalue weighted by Gasteiger charge is 2.26. The van der Waals surface area contributed by atoms with Crippen LogP contribution in [0.3, 0.4) is 0 Å². The lowest BCUT2D eigenvalue weighted by Gasteiger charge is -2.34. The second kappa shape index (κ2) is 8.91. The molecule has 0 aliphatic carbocycles.